The Bertz CT molecular complexity index is 472. The van der Waals surface area contributed by atoms with Crippen molar-refractivity contribution in [2.75, 3.05) is 13.6 Å². The number of rotatable bonds is 7. The van der Waals surface area contributed by atoms with Crippen LogP contribution in [-0.2, 0) is 0 Å². The molecule has 2 aromatic carbocycles. The molecular formula is C19H22N. The summed E-state index contributed by atoms with van der Waals surface area (Å²) in [5.41, 5.74) is 3.91. The SMILES string of the molecule is C[N]CCCCC=C(c1ccccc1)c1ccccc1. The lowest BCUT2D eigenvalue weighted by Gasteiger charge is -2.08. The van der Waals surface area contributed by atoms with Crippen LogP contribution in [0, 0.1) is 0 Å². The van der Waals surface area contributed by atoms with Gasteiger partial charge in [-0.15, -0.1) is 0 Å². The number of allylic oxidation sites excluding steroid dienone is 1. The van der Waals surface area contributed by atoms with Gasteiger partial charge in [0.05, 0.1) is 0 Å². The molecule has 0 heterocycles. The van der Waals surface area contributed by atoms with Crippen LogP contribution in [0.5, 0.6) is 0 Å². The highest BCUT2D eigenvalue weighted by Gasteiger charge is 2.03. The topological polar surface area (TPSA) is 14.1 Å². The molecule has 0 aromatic heterocycles. The Morgan fingerprint density at radius 2 is 1.40 bits per heavy atom. The molecule has 0 amide bonds. The van der Waals surface area contributed by atoms with Crippen LogP contribution in [0.25, 0.3) is 5.57 Å². The molecule has 0 aliphatic heterocycles. The van der Waals surface area contributed by atoms with E-state index in [2.05, 4.69) is 72.1 Å². The average molecular weight is 264 g/mol. The van der Waals surface area contributed by atoms with Gasteiger partial charge >= 0.3 is 0 Å². The summed E-state index contributed by atoms with van der Waals surface area (Å²) in [5, 5.41) is 4.15. The van der Waals surface area contributed by atoms with Gasteiger partial charge in [-0.1, -0.05) is 66.7 Å². The molecule has 0 unspecified atom stereocenters. The maximum atomic E-state index is 4.15. The van der Waals surface area contributed by atoms with E-state index in [0.29, 0.717) is 0 Å². The second kappa shape index (κ2) is 8.34. The van der Waals surface area contributed by atoms with Crippen molar-refractivity contribution in [3.63, 3.8) is 0 Å². The minimum atomic E-state index is 0.972. The molecule has 0 aliphatic carbocycles. The molecule has 20 heavy (non-hydrogen) atoms. The normalized spacial score (nSPS) is 10.2. The van der Waals surface area contributed by atoms with E-state index >= 15 is 0 Å². The number of hydrogen-bond donors (Lipinski definition) is 0. The van der Waals surface area contributed by atoms with Crippen LogP contribution < -0.4 is 5.32 Å². The van der Waals surface area contributed by atoms with Gasteiger partial charge in [-0.05, 0) is 36.0 Å². The average Bonchev–Trinajstić information content (AvgIpc) is 2.53. The van der Waals surface area contributed by atoms with E-state index in [1.165, 1.54) is 29.5 Å². The summed E-state index contributed by atoms with van der Waals surface area (Å²) >= 11 is 0. The summed E-state index contributed by atoms with van der Waals surface area (Å²) in [6.45, 7) is 0.972. The molecule has 0 bridgehead atoms. The summed E-state index contributed by atoms with van der Waals surface area (Å²) in [6.07, 6.45) is 5.83. The highest BCUT2D eigenvalue weighted by molar-refractivity contribution is 5.79. The highest BCUT2D eigenvalue weighted by atomic mass is 14.8. The lowest BCUT2D eigenvalue weighted by atomic mass is 9.96. The first kappa shape index (κ1) is 14.5. The van der Waals surface area contributed by atoms with Crippen LogP contribution in [-0.4, -0.2) is 13.6 Å². The second-order valence-electron chi connectivity index (χ2n) is 4.89. The second-order valence-corrected chi connectivity index (χ2v) is 4.89. The summed E-state index contributed by atoms with van der Waals surface area (Å²) in [5.74, 6) is 0. The molecule has 2 rings (SSSR count). The minimum Gasteiger partial charge on any atom is -0.245 e. The van der Waals surface area contributed by atoms with Gasteiger partial charge < -0.3 is 0 Å². The fraction of sp³-hybridized carbons (Fsp3) is 0.263. The molecule has 0 N–H and O–H groups in total. The van der Waals surface area contributed by atoms with Gasteiger partial charge in [0, 0.05) is 13.6 Å². The molecule has 0 spiro atoms. The van der Waals surface area contributed by atoms with Crippen molar-refractivity contribution in [3.05, 3.63) is 77.9 Å². The standard InChI is InChI=1S/C19H22N/c1-20-16-10-4-9-15-19(17-11-5-2-6-12-17)18-13-7-3-8-14-18/h2-3,5-8,11-15H,4,9-10,16H2,1H3. The van der Waals surface area contributed by atoms with Gasteiger partial charge in [0.15, 0.2) is 0 Å². The molecule has 103 valence electrons. The maximum Gasteiger partial charge on any atom is 0.0130 e. The molecule has 0 saturated carbocycles. The maximum absolute atomic E-state index is 4.15. The molecule has 0 atom stereocenters. The van der Waals surface area contributed by atoms with Crippen molar-refractivity contribution < 1.29 is 0 Å². The Hall–Kier alpha value is -1.86. The van der Waals surface area contributed by atoms with Crippen LogP contribution in [0.3, 0.4) is 0 Å². The smallest absolute Gasteiger partial charge is 0.0130 e. The molecule has 1 nitrogen and oxygen atoms in total. The van der Waals surface area contributed by atoms with E-state index in [1.807, 2.05) is 7.05 Å². The van der Waals surface area contributed by atoms with Gasteiger partial charge in [0.25, 0.3) is 0 Å². The number of unbranched alkanes of at least 4 members (excludes halogenated alkanes) is 2. The summed E-state index contributed by atoms with van der Waals surface area (Å²) in [6, 6.07) is 21.2. The lowest BCUT2D eigenvalue weighted by Crippen LogP contribution is -1.98. The third-order valence-corrected chi connectivity index (χ3v) is 3.35. The van der Waals surface area contributed by atoms with Gasteiger partial charge in [0.1, 0.15) is 0 Å². The van der Waals surface area contributed by atoms with Gasteiger partial charge in [-0.2, -0.15) is 0 Å². The highest BCUT2D eigenvalue weighted by Crippen LogP contribution is 2.24. The predicted octanol–water partition coefficient (Wildman–Crippen LogP) is 4.52. The van der Waals surface area contributed by atoms with Crippen LogP contribution in [0.2, 0.25) is 0 Å². The van der Waals surface area contributed by atoms with E-state index in [-0.39, 0.29) is 0 Å². The summed E-state index contributed by atoms with van der Waals surface area (Å²) < 4.78 is 0. The first-order chi connectivity index (χ1) is 9.92. The molecular weight excluding hydrogens is 242 g/mol. The van der Waals surface area contributed by atoms with Crippen molar-refractivity contribution >= 4 is 5.57 Å². The molecule has 2 aromatic rings. The van der Waals surface area contributed by atoms with E-state index in [1.54, 1.807) is 0 Å². The molecule has 0 aliphatic rings. The monoisotopic (exact) mass is 264 g/mol. The first-order valence-corrected chi connectivity index (χ1v) is 7.28. The molecule has 0 fully saturated rings. The van der Waals surface area contributed by atoms with Crippen molar-refractivity contribution in [1.29, 1.82) is 0 Å². The molecule has 1 heteroatoms. The van der Waals surface area contributed by atoms with Crippen molar-refractivity contribution in [1.82, 2.24) is 5.32 Å². The van der Waals surface area contributed by atoms with Gasteiger partial charge in [0.2, 0.25) is 0 Å². The quantitative estimate of drug-likeness (QED) is 0.653. The van der Waals surface area contributed by atoms with E-state index < -0.39 is 0 Å². The largest absolute Gasteiger partial charge is 0.245 e. The fourth-order valence-corrected chi connectivity index (χ4v) is 2.30. The first-order valence-electron chi connectivity index (χ1n) is 7.28. The van der Waals surface area contributed by atoms with E-state index in [0.717, 1.165) is 13.0 Å². The Morgan fingerprint density at radius 1 is 0.850 bits per heavy atom. The third-order valence-electron chi connectivity index (χ3n) is 3.35. The summed E-state index contributed by atoms with van der Waals surface area (Å²) in [4.78, 5) is 0. The third kappa shape index (κ3) is 4.36. The van der Waals surface area contributed by atoms with Crippen LogP contribution in [0.1, 0.15) is 30.4 Å². The lowest BCUT2D eigenvalue weighted by molar-refractivity contribution is 0.676. The minimum absolute atomic E-state index is 0.972. The Balaban J connectivity index is 2.15. The Morgan fingerprint density at radius 3 is 1.90 bits per heavy atom. The zero-order valence-electron chi connectivity index (χ0n) is 12.1. The zero-order chi connectivity index (χ0) is 14.0. The van der Waals surface area contributed by atoms with Crippen LogP contribution in [0.15, 0.2) is 66.7 Å². The Labute approximate surface area is 122 Å². The zero-order valence-corrected chi connectivity index (χ0v) is 12.1. The number of benzene rings is 2. The predicted molar refractivity (Wildman–Crippen MR) is 86.7 cm³/mol. The van der Waals surface area contributed by atoms with Crippen molar-refractivity contribution in [2.24, 2.45) is 0 Å². The van der Waals surface area contributed by atoms with Crippen LogP contribution in [0.4, 0.5) is 0 Å². The summed E-state index contributed by atoms with van der Waals surface area (Å²) in [7, 11) is 1.88. The Kier molecular flexibility index (Phi) is 6.07. The molecule has 0 saturated heterocycles. The molecule has 1 radical (unpaired) electrons. The van der Waals surface area contributed by atoms with Gasteiger partial charge in [-0.3, -0.25) is 0 Å². The van der Waals surface area contributed by atoms with E-state index in [9.17, 15) is 0 Å². The van der Waals surface area contributed by atoms with Gasteiger partial charge in [-0.25, -0.2) is 5.32 Å². The van der Waals surface area contributed by atoms with Crippen molar-refractivity contribution in [2.45, 2.75) is 19.3 Å². The number of hydrogen-bond acceptors (Lipinski definition) is 0. The number of nitrogens with zero attached hydrogens (tertiary/aromatic N) is 1. The van der Waals surface area contributed by atoms with Crippen LogP contribution >= 0.6 is 0 Å². The van der Waals surface area contributed by atoms with Crippen molar-refractivity contribution in [3.8, 4) is 0 Å². The fourth-order valence-electron chi connectivity index (χ4n) is 2.30. The van der Waals surface area contributed by atoms with E-state index in [4.69, 9.17) is 0 Å².